The Morgan fingerprint density at radius 2 is 2.29 bits per heavy atom. The van der Waals surface area contributed by atoms with Crippen molar-refractivity contribution < 1.29 is 4.74 Å². The summed E-state index contributed by atoms with van der Waals surface area (Å²) >= 11 is 3.42. The first-order valence-corrected chi connectivity index (χ1v) is 6.39. The summed E-state index contributed by atoms with van der Waals surface area (Å²) in [5, 5.41) is 0. The van der Waals surface area contributed by atoms with E-state index in [0.717, 1.165) is 42.9 Å². The number of nitrogens with zero attached hydrogens (tertiary/aromatic N) is 1. The van der Waals surface area contributed by atoms with Crippen LogP contribution in [-0.4, -0.2) is 37.2 Å². The van der Waals surface area contributed by atoms with Crippen molar-refractivity contribution in [3.63, 3.8) is 0 Å². The van der Waals surface area contributed by atoms with Crippen LogP contribution < -0.4 is 10.5 Å². The summed E-state index contributed by atoms with van der Waals surface area (Å²) in [7, 11) is 0. The van der Waals surface area contributed by atoms with E-state index >= 15 is 0 Å². The van der Waals surface area contributed by atoms with Crippen LogP contribution in [0.2, 0.25) is 0 Å². The number of halogens is 2. The van der Waals surface area contributed by atoms with Gasteiger partial charge in [-0.15, -0.1) is 12.4 Å². The van der Waals surface area contributed by atoms with Crippen LogP contribution in [0.1, 0.15) is 6.42 Å². The molecule has 0 bridgehead atoms. The van der Waals surface area contributed by atoms with Crippen LogP contribution >= 0.6 is 28.3 Å². The molecule has 1 fully saturated rings. The van der Waals surface area contributed by atoms with E-state index < -0.39 is 0 Å². The van der Waals surface area contributed by atoms with E-state index in [1.165, 1.54) is 0 Å². The summed E-state index contributed by atoms with van der Waals surface area (Å²) in [5.74, 6) is 0.915. The van der Waals surface area contributed by atoms with Gasteiger partial charge in [-0.3, -0.25) is 4.90 Å². The molecule has 1 atom stereocenters. The molecule has 1 aliphatic rings. The van der Waals surface area contributed by atoms with Crippen molar-refractivity contribution in [2.45, 2.75) is 12.5 Å². The van der Waals surface area contributed by atoms with Gasteiger partial charge in [0.15, 0.2) is 0 Å². The molecule has 1 aliphatic heterocycles. The van der Waals surface area contributed by atoms with Gasteiger partial charge in [0, 0.05) is 23.6 Å². The Labute approximate surface area is 117 Å². The van der Waals surface area contributed by atoms with Gasteiger partial charge in [0.2, 0.25) is 0 Å². The summed E-state index contributed by atoms with van der Waals surface area (Å²) in [5.41, 5.74) is 5.84. The van der Waals surface area contributed by atoms with Crippen molar-refractivity contribution in [2.75, 3.05) is 26.2 Å². The van der Waals surface area contributed by atoms with Crippen LogP contribution in [0.15, 0.2) is 28.7 Å². The third kappa shape index (κ3) is 4.84. The lowest BCUT2D eigenvalue weighted by molar-refractivity contribution is 0.236. The Morgan fingerprint density at radius 1 is 1.47 bits per heavy atom. The number of likely N-dealkylation sites (tertiary alicyclic amines) is 1. The molecule has 1 saturated heterocycles. The number of hydrogen-bond donors (Lipinski definition) is 1. The van der Waals surface area contributed by atoms with E-state index in [1.807, 2.05) is 24.3 Å². The number of nitrogens with two attached hydrogens (primary N) is 1. The molecule has 17 heavy (non-hydrogen) atoms. The molecule has 0 radical (unpaired) electrons. The molecule has 1 aromatic rings. The highest BCUT2D eigenvalue weighted by atomic mass is 79.9. The second-order valence-corrected chi connectivity index (χ2v) is 5.07. The summed E-state index contributed by atoms with van der Waals surface area (Å²) < 4.78 is 6.72. The zero-order valence-electron chi connectivity index (χ0n) is 9.64. The highest BCUT2D eigenvalue weighted by Crippen LogP contribution is 2.17. The van der Waals surface area contributed by atoms with Crippen molar-refractivity contribution in [1.29, 1.82) is 0 Å². The maximum absolute atomic E-state index is 5.84. The molecule has 0 aromatic heterocycles. The average molecular weight is 322 g/mol. The normalized spacial score (nSPS) is 20.0. The molecule has 3 nitrogen and oxygen atoms in total. The van der Waals surface area contributed by atoms with Crippen LogP contribution in [0.25, 0.3) is 0 Å². The quantitative estimate of drug-likeness (QED) is 0.924. The molecule has 1 heterocycles. The van der Waals surface area contributed by atoms with Crippen molar-refractivity contribution in [1.82, 2.24) is 4.90 Å². The Kier molecular flexibility index (Phi) is 6.27. The average Bonchev–Trinajstić information content (AvgIpc) is 2.64. The molecule has 0 spiro atoms. The van der Waals surface area contributed by atoms with E-state index in [0.29, 0.717) is 6.04 Å². The first kappa shape index (κ1) is 14.8. The second-order valence-electron chi connectivity index (χ2n) is 4.16. The first-order valence-electron chi connectivity index (χ1n) is 5.60. The monoisotopic (exact) mass is 320 g/mol. The van der Waals surface area contributed by atoms with Gasteiger partial charge in [0.1, 0.15) is 12.4 Å². The van der Waals surface area contributed by atoms with Gasteiger partial charge in [-0.25, -0.2) is 0 Å². The third-order valence-corrected chi connectivity index (χ3v) is 3.27. The van der Waals surface area contributed by atoms with Crippen molar-refractivity contribution >= 4 is 28.3 Å². The molecule has 0 aliphatic carbocycles. The molecule has 2 rings (SSSR count). The molecule has 1 aromatic carbocycles. The van der Waals surface area contributed by atoms with Gasteiger partial charge >= 0.3 is 0 Å². The van der Waals surface area contributed by atoms with Crippen LogP contribution in [-0.2, 0) is 0 Å². The third-order valence-electron chi connectivity index (χ3n) is 2.78. The number of ether oxygens (including phenoxy) is 1. The van der Waals surface area contributed by atoms with E-state index in [9.17, 15) is 0 Å². The number of benzene rings is 1. The molecule has 0 amide bonds. The minimum atomic E-state index is 0. The molecule has 5 heteroatoms. The molecule has 0 saturated carbocycles. The van der Waals surface area contributed by atoms with Gasteiger partial charge in [-0.2, -0.15) is 0 Å². The fraction of sp³-hybridized carbons (Fsp3) is 0.500. The lowest BCUT2D eigenvalue weighted by Crippen LogP contribution is -2.29. The highest BCUT2D eigenvalue weighted by Gasteiger charge is 2.18. The summed E-state index contributed by atoms with van der Waals surface area (Å²) in [4.78, 5) is 2.35. The lowest BCUT2D eigenvalue weighted by Gasteiger charge is -2.15. The zero-order valence-corrected chi connectivity index (χ0v) is 12.0. The van der Waals surface area contributed by atoms with Crippen molar-refractivity contribution in [3.8, 4) is 5.75 Å². The van der Waals surface area contributed by atoms with Gasteiger partial charge in [0.25, 0.3) is 0 Å². The van der Waals surface area contributed by atoms with Crippen molar-refractivity contribution in [2.24, 2.45) is 5.73 Å². The predicted molar refractivity (Wildman–Crippen MR) is 75.9 cm³/mol. The van der Waals surface area contributed by atoms with Crippen LogP contribution in [0.5, 0.6) is 5.75 Å². The molecule has 2 N–H and O–H groups in total. The Hall–Kier alpha value is -0.290. The zero-order chi connectivity index (χ0) is 11.4. The lowest BCUT2D eigenvalue weighted by atomic mass is 10.3. The smallest absolute Gasteiger partial charge is 0.120 e. The summed E-state index contributed by atoms with van der Waals surface area (Å²) in [6, 6.07) is 8.28. The molecular formula is C12H18BrClN2O. The highest BCUT2D eigenvalue weighted by molar-refractivity contribution is 9.10. The Bertz CT molecular complexity index is 351. The van der Waals surface area contributed by atoms with Crippen LogP contribution in [0.3, 0.4) is 0 Å². The van der Waals surface area contributed by atoms with E-state index in [1.54, 1.807) is 0 Å². The minimum Gasteiger partial charge on any atom is -0.492 e. The van der Waals surface area contributed by atoms with E-state index in [-0.39, 0.29) is 12.4 Å². The predicted octanol–water partition coefficient (Wildman–Crippen LogP) is 2.28. The van der Waals surface area contributed by atoms with Crippen LogP contribution in [0, 0.1) is 0 Å². The van der Waals surface area contributed by atoms with Gasteiger partial charge in [-0.05, 0) is 31.2 Å². The van der Waals surface area contributed by atoms with Gasteiger partial charge in [0.05, 0.1) is 0 Å². The Morgan fingerprint density at radius 3 is 2.94 bits per heavy atom. The second kappa shape index (κ2) is 7.21. The SMILES string of the molecule is Cl.N[C@@H]1CCN(CCOc2cccc(Br)c2)C1. The number of hydrogen-bond acceptors (Lipinski definition) is 3. The fourth-order valence-electron chi connectivity index (χ4n) is 1.92. The van der Waals surface area contributed by atoms with Crippen molar-refractivity contribution in [3.05, 3.63) is 28.7 Å². The number of rotatable bonds is 4. The summed E-state index contributed by atoms with van der Waals surface area (Å²) in [6.07, 6.45) is 1.11. The minimum absolute atomic E-state index is 0. The molecule has 0 unspecified atom stereocenters. The van der Waals surface area contributed by atoms with Gasteiger partial charge in [-0.1, -0.05) is 22.0 Å². The first-order chi connectivity index (χ1) is 7.74. The molecule has 96 valence electrons. The van der Waals surface area contributed by atoms with Gasteiger partial charge < -0.3 is 10.5 Å². The fourth-order valence-corrected chi connectivity index (χ4v) is 2.29. The topological polar surface area (TPSA) is 38.5 Å². The summed E-state index contributed by atoms with van der Waals surface area (Å²) in [6.45, 7) is 3.79. The standard InChI is InChI=1S/C12H17BrN2O.ClH/c13-10-2-1-3-12(8-10)16-7-6-15-5-4-11(14)9-15;/h1-3,8,11H,4-7,9,14H2;1H/t11-;/m1./s1. The maximum Gasteiger partial charge on any atom is 0.120 e. The van der Waals surface area contributed by atoms with Crippen LogP contribution in [0.4, 0.5) is 0 Å². The maximum atomic E-state index is 5.84. The van der Waals surface area contributed by atoms with E-state index in [4.69, 9.17) is 10.5 Å². The Balaban J connectivity index is 0.00000144. The van der Waals surface area contributed by atoms with E-state index in [2.05, 4.69) is 20.8 Å². The molecular weight excluding hydrogens is 304 g/mol. The largest absolute Gasteiger partial charge is 0.492 e.